The molecule has 0 unspecified atom stereocenters. The van der Waals surface area contributed by atoms with Gasteiger partial charge in [-0.2, -0.15) is 0 Å². The van der Waals surface area contributed by atoms with E-state index >= 15 is 0 Å². The summed E-state index contributed by atoms with van der Waals surface area (Å²) >= 11 is 0. The summed E-state index contributed by atoms with van der Waals surface area (Å²) in [6.07, 6.45) is -0.931. The molecule has 0 nitrogen and oxygen atoms in total. The van der Waals surface area contributed by atoms with E-state index in [4.69, 9.17) is 23.2 Å². The monoisotopic (exact) mass is 90.1 g/mol. The van der Waals surface area contributed by atoms with E-state index in [1.54, 1.807) is 0 Å². The maximum atomic E-state index is 5.38. The van der Waals surface area contributed by atoms with Gasteiger partial charge in [0.05, 0.1) is 0 Å². The van der Waals surface area contributed by atoms with Crippen LogP contribution in [0.4, 0.5) is 0 Å². The van der Waals surface area contributed by atoms with Crippen molar-refractivity contribution in [3.8, 4) is 0 Å². The zero-order valence-corrected chi connectivity index (χ0v) is 4.88. The predicted molar refractivity (Wildman–Crippen MR) is 48.8 cm³/mol. The molecule has 0 aromatic carbocycles. The highest BCUT2D eigenvalue weighted by Crippen LogP contribution is 1.76. The third-order valence-corrected chi connectivity index (χ3v) is 0.989. The summed E-state index contributed by atoms with van der Waals surface area (Å²) in [5.74, 6) is 0. The van der Waals surface area contributed by atoms with Gasteiger partial charge in [0.15, 0.2) is 0 Å². The predicted octanol–water partition coefficient (Wildman–Crippen LogP) is -3.58. The average Bonchev–Trinajstić information content (AvgIpc) is 1.64. The van der Waals surface area contributed by atoms with Gasteiger partial charge in [0.2, 0.25) is 0 Å². The Bertz CT molecular complexity index is 45.1. The summed E-state index contributed by atoms with van der Waals surface area (Å²) in [7, 11) is 22.9. The minimum absolute atomic E-state index is 0.130. The van der Waals surface area contributed by atoms with Gasteiger partial charge in [-0.3, -0.25) is 0 Å². The molecule has 0 amide bonds. The Balaban J connectivity index is 3.46. The molecular weight excluding hydrogens is 86.5 g/mol. The van der Waals surface area contributed by atoms with Crippen LogP contribution in [0.2, 0.25) is 0 Å². The van der Waals surface area contributed by atoms with Crippen molar-refractivity contribution in [2.24, 2.45) is 0 Å². The van der Waals surface area contributed by atoms with Crippen molar-refractivity contribution in [1.29, 1.82) is 0 Å². The molecule has 0 N–H and O–H groups in total. The lowest BCUT2D eigenvalue weighted by Gasteiger charge is -2.13. The first kappa shape index (κ1) is 8.52. The molecule has 0 saturated heterocycles. The minimum Gasteiger partial charge on any atom is 0.000000459 e. The van der Waals surface area contributed by atoms with Crippen LogP contribution in [0.25, 0.3) is 0 Å². The lowest BCUT2D eigenvalue weighted by molar-refractivity contribution is 3.62. The first-order valence-electron chi connectivity index (χ1n) is 2.48. The molecule has 0 fully saturated rings. The Kier molecular flexibility index (Phi) is 3.76. The molecule has 0 aliphatic rings. The first-order chi connectivity index (χ1) is 3.55. The van der Waals surface area contributed by atoms with Crippen LogP contribution >= 0.6 is 0 Å². The Hall–Kier alpha value is 0.519. The zero-order valence-electron chi connectivity index (χ0n) is 4.88. The largest absolute Gasteiger partial charge is 0.0326 e. The average molecular weight is 88.5 g/mol. The summed E-state index contributed by atoms with van der Waals surface area (Å²) < 4.78 is 0. The van der Waals surface area contributed by atoms with Crippen LogP contribution in [0.3, 0.4) is 0 Å². The standard InChI is InChI=1S/B8H2/c1-6(2)8(5)7(3)4/h1-2H. The van der Waals surface area contributed by atoms with Crippen molar-refractivity contribution >= 4 is 57.8 Å². The van der Waals surface area contributed by atoms with Crippen molar-refractivity contribution in [2.75, 3.05) is 0 Å². The third-order valence-electron chi connectivity index (χ3n) is 0.989. The van der Waals surface area contributed by atoms with Crippen molar-refractivity contribution in [3.05, 3.63) is 0 Å². The molecule has 0 aliphatic carbocycles. The molecule has 8 radical (unpaired) electrons. The SMILES string of the molecule is [B]B([B])B([B])B([BH])[BH]. The van der Waals surface area contributed by atoms with Gasteiger partial charge in [-0.15, -0.1) is 0 Å². The first-order valence-corrected chi connectivity index (χ1v) is 2.48. The van der Waals surface area contributed by atoms with Crippen LogP contribution in [0.15, 0.2) is 0 Å². The van der Waals surface area contributed by atoms with Crippen LogP contribution in [0.5, 0.6) is 0 Å². The van der Waals surface area contributed by atoms with Gasteiger partial charge in [-0.1, -0.05) is 0 Å². The number of hydrogen-bond acceptors (Lipinski definition) is 0. The van der Waals surface area contributed by atoms with Gasteiger partial charge >= 0.3 is 0 Å². The zero-order chi connectivity index (χ0) is 6.73. The van der Waals surface area contributed by atoms with Gasteiger partial charge in [-0.05, 0) is 0 Å². The van der Waals surface area contributed by atoms with E-state index in [0.29, 0.717) is 0 Å². The lowest BCUT2D eigenvalue weighted by atomic mass is 8.68. The van der Waals surface area contributed by atoms with Gasteiger partial charge in [0.1, 0.15) is 0 Å². The van der Waals surface area contributed by atoms with Gasteiger partial charge in [0, 0.05) is 57.8 Å². The molecule has 0 bridgehead atoms. The molecule has 0 aliphatic heterocycles. The summed E-state index contributed by atoms with van der Waals surface area (Å²) in [6, 6.07) is 0. The molecule has 8 heavy (non-hydrogen) atoms. The van der Waals surface area contributed by atoms with Crippen LogP contribution in [0, 0.1) is 0 Å². The maximum Gasteiger partial charge on any atom is 0.0326 e. The van der Waals surface area contributed by atoms with Crippen molar-refractivity contribution in [3.63, 3.8) is 0 Å². The molecule has 0 aromatic heterocycles. The maximum absolute atomic E-state index is 5.38. The van der Waals surface area contributed by atoms with Gasteiger partial charge in [-0.25, -0.2) is 0 Å². The van der Waals surface area contributed by atoms with Crippen molar-refractivity contribution in [1.82, 2.24) is 0 Å². The quantitative estimate of drug-likeness (QED) is 0.306. The molecule has 0 heterocycles. The van der Waals surface area contributed by atoms with Gasteiger partial charge in [0.25, 0.3) is 0 Å². The molecule has 0 saturated carbocycles. The van der Waals surface area contributed by atoms with Crippen molar-refractivity contribution < 1.29 is 0 Å². The fraction of sp³-hybridized carbons (Fsp3) is 0. The van der Waals surface area contributed by atoms with E-state index in [2.05, 4.69) is 15.5 Å². The van der Waals surface area contributed by atoms with Crippen molar-refractivity contribution in [2.45, 2.75) is 0 Å². The molecule has 0 spiro atoms. The van der Waals surface area contributed by atoms with E-state index in [1.165, 1.54) is 0 Å². The third kappa shape index (κ3) is 2.74. The minimum atomic E-state index is -0.505. The van der Waals surface area contributed by atoms with Crippen LogP contribution in [-0.2, 0) is 0 Å². The molecule has 8 heteroatoms. The Morgan fingerprint density at radius 3 is 1.38 bits per heavy atom. The molecule has 26 valence electrons. The molecular formula is H2B8. The van der Waals surface area contributed by atoms with E-state index in [0.717, 1.165) is 0 Å². The second kappa shape index (κ2) is 3.53. The number of rotatable bonds is 2. The summed E-state index contributed by atoms with van der Waals surface area (Å²) in [5, 5.41) is 0. The van der Waals surface area contributed by atoms with E-state index in [1.807, 2.05) is 0 Å². The Morgan fingerprint density at radius 2 is 1.38 bits per heavy atom. The summed E-state index contributed by atoms with van der Waals surface area (Å²) in [6.45, 7) is 0. The topological polar surface area (TPSA) is 0 Å². The normalized spacial score (nSPS) is 8.00. The van der Waals surface area contributed by atoms with Crippen LogP contribution < -0.4 is 0 Å². The van der Waals surface area contributed by atoms with E-state index in [-0.39, 0.29) is 12.8 Å². The fourth-order valence-electron chi connectivity index (χ4n) is 0.314. The highest BCUT2D eigenvalue weighted by atomic mass is 13.0. The van der Waals surface area contributed by atoms with E-state index < -0.39 is 6.39 Å². The highest BCUT2D eigenvalue weighted by Gasteiger charge is 2.15. The molecule has 0 rings (SSSR count). The summed E-state index contributed by atoms with van der Waals surface area (Å²) in [5.41, 5.74) is 0. The van der Waals surface area contributed by atoms with Crippen LogP contribution in [-0.4, -0.2) is 57.8 Å². The second-order valence-corrected chi connectivity index (χ2v) is 1.91. The highest BCUT2D eigenvalue weighted by molar-refractivity contribution is 7.89. The number of hydrogen-bond donors (Lipinski definition) is 0. The molecule has 0 aromatic rings. The van der Waals surface area contributed by atoms with E-state index in [9.17, 15) is 0 Å². The fourth-order valence-corrected chi connectivity index (χ4v) is 0.314. The van der Waals surface area contributed by atoms with Crippen LogP contribution in [0.1, 0.15) is 0 Å². The lowest BCUT2D eigenvalue weighted by Crippen LogP contribution is -2.52. The Morgan fingerprint density at radius 1 is 1.00 bits per heavy atom. The smallest absolute Gasteiger partial charge is 0.000000459 e. The van der Waals surface area contributed by atoms with Gasteiger partial charge < -0.3 is 0 Å². The summed E-state index contributed by atoms with van der Waals surface area (Å²) in [4.78, 5) is 0. The molecule has 0 atom stereocenters. The Labute approximate surface area is 58.5 Å². The second-order valence-electron chi connectivity index (χ2n) is 1.91.